The van der Waals surface area contributed by atoms with E-state index >= 15 is 0 Å². The van der Waals surface area contributed by atoms with Crippen LogP contribution in [0.15, 0.2) is 30.3 Å². The lowest BCUT2D eigenvalue weighted by Crippen LogP contribution is -2.56. The number of carboxylic acids is 2. The number of urea groups is 2. The van der Waals surface area contributed by atoms with Crippen LogP contribution in [0.3, 0.4) is 0 Å². The average molecular weight is 558 g/mol. The van der Waals surface area contributed by atoms with Crippen LogP contribution < -0.4 is 16.0 Å². The molecular weight excluding hydrogens is 530 g/mol. The van der Waals surface area contributed by atoms with Crippen molar-refractivity contribution in [3.63, 3.8) is 0 Å². The van der Waals surface area contributed by atoms with Gasteiger partial charge >= 0.3 is 24.0 Å². The van der Waals surface area contributed by atoms with Crippen LogP contribution >= 0.6 is 11.8 Å². The number of carboxylic acid groups (broad SMARTS) is 2. The normalized spacial score (nSPS) is 22.8. The number of imide groups is 1. The zero-order chi connectivity index (χ0) is 27.7. The summed E-state index contributed by atoms with van der Waals surface area (Å²) in [5.74, 6) is -3.54. The van der Waals surface area contributed by atoms with E-state index in [0.29, 0.717) is 9.21 Å². The molecule has 0 unspecified atom stereocenters. The van der Waals surface area contributed by atoms with Gasteiger partial charge in [0.05, 0.1) is 24.7 Å². The van der Waals surface area contributed by atoms with Crippen molar-refractivity contribution in [2.24, 2.45) is 0 Å². The van der Waals surface area contributed by atoms with Crippen LogP contribution in [0.25, 0.3) is 0 Å². The minimum absolute atomic E-state index is 0.243. The molecular formula is C21H27N5O9S2. The van der Waals surface area contributed by atoms with E-state index in [1.807, 2.05) is 0 Å². The standard InChI is InChI=1S/C21H27N5O9S2/c1-21(2)14(18(30)31)24-16(36-21)13(17(28)29)22-15(27)12(11-7-5-4-6-8-11)23-19(32)25-9-10-26(20(25)33)37(3,34)35/h4-8,12-14,16,24H,9-10H2,1-3H3,(H,22,27)(H,23,32)(H,28,29)(H,30,31)/t12-,13+,14+,16-/m1/s1. The lowest BCUT2D eigenvalue weighted by atomic mass is 10.0. The predicted octanol–water partition coefficient (Wildman–Crippen LogP) is -0.402. The van der Waals surface area contributed by atoms with Gasteiger partial charge in [-0.05, 0) is 19.4 Å². The summed E-state index contributed by atoms with van der Waals surface area (Å²) in [7, 11) is -3.90. The fraction of sp³-hybridized carbons (Fsp3) is 0.476. The highest BCUT2D eigenvalue weighted by Crippen LogP contribution is 2.39. The number of thioether (sulfide) groups is 1. The molecule has 4 atom stereocenters. The molecule has 16 heteroatoms. The van der Waals surface area contributed by atoms with Crippen LogP contribution in [0, 0.1) is 0 Å². The quantitative estimate of drug-likeness (QED) is 0.278. The molecule has 5 amide bonds. The number of nitrogens with one attached hydrogen (secondary N) is 3. The number of nitrogens with zero attached hydrogens (tertiary/aromatic N) is 2. The SMILES string of the molecule is CC1(C)S[C@H]([C@H](NC(=O)[C@H](NC(=O)N2CCN(S(C)(=O)=O)C2=O)c2ccccc2)C(=O)O)N[C@H]1C(=O)O. The molecule has 3 rings (SSSR count). The van der Waals surface area contributed by atoms with Gasteiger partial charge in [0, 0.05) is 4.75 Å². The number of sulfonamides is 1. The number of amides is 5. The molecule has 2 saturated heterocycles. The van der Waals surface area contributed by atoms with Gasteiger partial charge in [-0.3, -0.25) is 14.9 Å². The van der Waals surface area contributed by atoms with Crippen molar-refractivity contribution < 1.29 is 42.6 Å². The summed E-state index contributed by atoms with van der Waals surface area (Å²) in [5, 5.41) is 25.7. The molecule has 0 bridgehead atoms. The van der Waals surface area contributed by atoms with Crippen LogP contribution in [0.4, 0.5) is 9.59 Å². The molecule has 0 aromatic heterocycles. The monoisotopic (exact) mass is 557 g/mol. The molecule has 37 heavy (non-hydrogen) atoms. The fourth-order valence-corrected chi connectivity index (χ4v) is 6.27. The van der Waals surface area contributed by atoms with Crippen molar-refractivity contribution in [1.82, 2.24) is 25.2 Å². The van der Waals surface area contributed by atoms with E-state index in [0.717, 1.165) is 18.0 Å². The molecule has 0 saturated carbocycles. The van der Waals surface area contributed by atoms with Crippen LogP contribution in [0.1, 0.15) is 25.5 Å². The van der Waals surface area contributed by atoms with Crippen molar-refractivity contribution in [1.29, 1.82) is 0 Å². The zero-order valence-corrected chi connectivity index (χ0v) is 21.7. The Balaban J connectivity index is 1.83. The molecule has 0 radical (unpaired) electrons. The average Bonchev–Trinajstić information content (AvgIpc) is 3.34. The van der Waals surface area contributed by atoms with E-state index in [1.54, 1.807) is 32.0 Å². The van der Waals surface area contributed by atoms with Crippen LogP contribution in [-0.4, -0.2) is 99.3 Å². The van der Waals surface area contributed by atoms with Gasteiger partial charge in [0.2, 0.25) is 15.9 Å². The number of hydrogen-bond donors (Lipinski definition) is 5. The largest absolute Gasteiger partial charge is 0.480 e. The Kier molecular flexibility index (Phi) is 8.04. The van der Waals surface area contributed by atoms with Gasteiger partial charge in [0.25, 0.3) is 0 Å². The minimum Gasteiger partial charge on any atom is -0.480 e. The summed E-state index contributed by atoms with van der Waals surface area (Å²) in [5.41, 5.74) is 0.264. The number of rotatable bonds is 8. The summed E-state index contributed by atoms with van der Waals surface area (Å²) < 4.78 is 23.2. The molecule has 2 fully saturated rings. The number of hydrogen-bond acceptors (Lipinski definition) is 9. The highest BCUT2D eigenvalue weighted by Gasteiger charge is 2.50. The Morgan fingerprint density at radius 2 is 1.73 bits per heavy atom. The summed E-state index contributed by atoms with van der Waals surface area (Å²) >= 11 is 1.04. The molecule has 0 aliphatic carbocycles. The lowest BCUT2D eigenvalue weighted by molar-refractivity contribution is -0.143. The maximum absolute atomic E-state index is 13.3. The van der Waals surface area contributed by atoms with Crippen LogP contribution in [0.5, 0.6) is 0 Å². The van der Waals surface area contributed by atoms with Crippen LogP contribution in [-0.2, 0) is 24.4 Å². The first-order valence-electron chi connectivity index (χ1n) is 11.0. The topological polar surface area (TPSA) is 203 Å². The van der Waals surface area contributed by atoms with Crippen LogP contribution in [0.2, 0.25) is 0 Å². The number of benzene rings is 1. The second-order valence-corrected chi connectivity index (χ2v) is 12.7. The highest BCUT2D eigenvalue weighted by atomic mass is 32.2. The third kappa shape index (κ3) is 6.14. The third-order valence-electron chi connectivity index (χ3n) is 5.85. The van der Waals surface area contributed by atoms with Crippen molar-refractivity contribution in [2.45, 2.75) is 42.1 Å². The Bertz CT molecular complexity index is 1210. The van der Waals surface area contributed by atoms with Crippen molar-refractivity contribution >= 4 is 51.7 Å². The first kappa shape index (κ1) is 28.2. The van der Waals surface area contributed by atoms with Gasteiger partial charge in [-0.15, -0.1) is 11.8 Å². The number of aliphatic carboxylic acids is 2. The molecule has 1 aromatic rings. The van der Waals surface area contributed by atoms with Gasteiger partial charge in [-0.2, -0.15) is 0 Å². The maximum atomic E-state index is 13.3. The second-order valence-electron chi connectivity index (χ2n) is 8.97. The maximum Gasteiger partial charge on any atom is 0.341 e. The first-order chi connectivity index (χ1) is 17.1. The molecule has 0 spiro atoms. The highest BCUT2D eigenvalue weighted by molar-refractivity contribution is 8.01. The van der Waals surface area contributed by atoms with Gasteiger partial charge in [0.15, 0.2) is 6.04 Å². The summed E-state index contributed by atoms with van der Waals surface area (Å²) in [4.78, 5) is 62.9. The van der Waals surface area contributed by atoms with E-state index in [2.05, 4.69) is 16.0 Å². The Morgan fingerprint density at radius 1 is 1.11 bits per heavy atom. The lowest BCUT2D eigenvalue weighted by Gasteiger charge is -2.26. The Labute approximate surface area is 216 Å². The smallest absolute Gasteiger partial charge is 0.341 e. The molecule has 1 aromatic carbocycles. The fourth-order valence-electron chi connectivity index (χ4n) is 3.99. The molecule has 2 aliphatic heterocycles. The Hall–Kier alpha value is -3.37. The molecule has 14 nitrogen and oxygen atoms in total. The van der Waals surface area contributed by atoms with E-state index in [9.17, 15) is 42.6 Å². The third-order valence-corrected chi connectivity index (χ3v) is 8.49. The second kappa shape index (κ2) is 10.5. The minimum atomic E-state index is -3.90. The van der Waals surface area contributed by atoms with E-state index < -0.39 is 68.2 Å². The molecule has 202 valence electrons. The summed E-state index contributed by atoms with van der Waals surface area (Å²) in [6, 6.07) is 1.59. The van der Waals surface area contributed by atoms with E-state index in [1.165, 1.54) is 12.1 Å². The number of carbonyl (C=O) groups excluding carboxylic acids is 3. The van der Waals surface area contributed by atoms with Gasteiger partial charge in [0.1, 0.15) is 12.1 Å². The summed E-state index contributed by atoms with van der Waals surface area (Å²) in [6.07, 6.45) is 0.823. The number of carbonyl (C=O) groups is 5. The van der Waals surface area contributed by atoms with Gasteiger partial charge in [-0.25, -0.2) is 32.0 Å². The van der Waals surface area contributed by atoms with Gasteiger partial charge in [-0.1, -0.05) is 30.3 Å². The van der Waals surface area contributed by atoms with Crippen molar-refractivity contribution in [2.75, 3.05) is 19.3 Å². The summed E-state index contributed by atoms with van der Waals surface area (Å²) in [6.45, 7) is 2.76. The van der Waals surface area contributed by atoms with E-state index in [4.69, 9.17) is 0 Å². The van der Waals surface area contributed by atoms with Crippen molar-refractivity contribution in [3.05, 3.63) is 35.9 Å². The molecule has 2 heterocycles. The van der Waals surface area contributed by atoms with E-state index in [-0.39, 0.29) is 18.7 Å². The first-order valence-corrected chi connectivity index (χ1v) is 13.7. The zero-order valence-electron chi connectivity index (χ0n) is 20.1. The van der Waals surface area contributed by atoms with Gasteiger partial charge < -0.3 is 20.8 Å². The molecule has 2 aliphatic rings. The van der Waals surface area contributed by atoms with Crippen molar-refractivity contribution in [3.8, 4) is 0 Å². The molecule has 5 N–H and O–H groups in total. The Morgan fingerprint density at radius 3 is 2.22 bits per heavy atom. The predicted molar refractivity (Wildman–Crippen MR) is 131 cm³/mol.